The number of fused-ring (bicyclic) bond motifs is 1. The molecule has 0 saturated heterocycles. The van der Waals surface area contributed by atoms with Crippen LogP contribution in [-0.2, 0) is 11.4 Å². The fourth-order valence-electron chi connectivity index (χ4n) is 5.39. The number of benzene rings is 4. The lowest BCUT2D eigenvalue weighted by atomic mass is 9.90. The van der Waals surface area contributed by atoms with Crippen molar-refractivity contribution >= 4 is 34.1 Å². The molecule has 0 aliphatic heterocycles. The zero-order chi connectivity index (χ0) is 32.0. The van der Waals surface area contributed by atoms with E-state index in [0.717, 1.165) is 38.3 Å². The van der Waals surface area contributed by atoms with Crippen molar-refractivity contribution in [1.82, 2.24) is 9.88 Å². The van der Waals surface area contributed by atoms with E-state index in [1.54, 1.807) is 24.3 Å². The van der Waals surface area contributed by atoms with Gasteiger partial charge in [-0.3, -0.25) is 9.59 Å². The summed E-state index contributed by atoms with van der Waals surface area (Å²) < 4.78 is 11.2. The predicted molar refractivity (Wildman–Crippen MR) is 179 cm³/mol. The van der Waals surface area contributed by atoms with Crippen LogP contribution >= 0.6 is 11.3 Å². The lowest BCUT2D eigenvalue weighted by Crippen LogP contribution is -2.41. The number of hydrogen-bond donors (Lipinski definition) is 1. The van der Waals surface area contributed by atoms with Crippen molar-refractivity contribution in [1.29, 1.82) is 0 Å². The molecule has 0 bridgehead atoms. The van der Waals surface area contributed by atoms with Crippen LogP contribution in [0, 0.1) is 6.92 Å². The van der Waals surface area contributed by atoms with Crippen LogP contribution < -0.4 is 16.1 Å². The van der Waals surface area contributed by atoms with E-state index in [4.69, 9.17) is 19.9 Å². The molecule has 0 atom stereocenters. The Morgan fingerprint density at radius 1 is 0.913 bits per heavy atom. The molecule has 8 nitrogen and oxygen atoms in total. The summed E-state index contributed by atoms with van der Waals surface area (Å²) in [5.41, 5.74) is 10.7. The Kier molecular flexibility index (Phi) is 9.03. The normalized spacial score (nSPS) is 11.1. The number of thiazole rings is 1. The minimum absolute atomic E-state index is 0.139. The maximum Gasteiger partial charge on any atom is 0.336 e. The third kappa shape index (κ3) is 7.06. The second kappa shape index (κ2) is 13.6. The van der Waals surface area contributed by atoms with Gasteiger partial charge in [-0.05, 0) is 53.9 Å². The first-order valence-electron chi connectivity index (χ1n) is 14.7. The van der Waals surface area contributed by atoms with Crippen LogP contribution in [0.4, 0.5) is 0 Å². The third-order valence-corrected chi connectivity index (χ3v) is 8.62. The van der Waals surface area contributed by atoms with Crippen LogP contribution in [0.25, 0.3) is 21.5 Å². The number of carbonyl (C=O) groups is 2. The Labute approximate surface area is 269 Å². The van der Waals surface area contributed by atoms with Crippen molar-refractivity contribution in [3.05, 3.63) is 153 Å². The average molecular weight is 630 g/mol. The maximum atomic E-state index is 13.7. The fraction of sp³-hybridized carbons (Fsp3) is 0.135. The van der Waals surface area contributed by atoms with Crippen LogP contribution in [-0.4, -0.2) is 34.8 Å². The van der Waals surface area contributed by atoms with E-state index in [1.807, 2.05) is 91.2 Å². The highest BCUT2D eigenvalue weighted by Gasteiger charge is 2.24. The van der Waals surface area contributed by atoms with Crippen molar-refractivity contribution in [2.24, 2.45) is 5.73 Å². The lowest BCUT2D eigenvalue weighted by Gasteiger charge is -2.28. The molecule has 46 heavy (non-hydrogen) atoms. The maximum absolute atomic E-state index is 13.7. The van der Waals surface area contributed by atoms with Gasteiger partial charge in [0.25, 0.3) is 5.91 Å². The molecule has 0 spiro atoms. The van der Waals surface area contributed by atoms with Crippen LogP contribution in [0.15, 0.2) is 124 Å². The van der Waals surface area contributed by atoms with E-state index in [-0.39, 0.29) is 30.6 Å². The highest BCUT2D eigenvalue weighted by Crippen LogP contribution is 2.29. The number of nitrogens with two attached hydrogens (primary N) is 1. The number of nitrogens with zero attached hydrogens (tertiary/aromatic N) is 2. The molecule has 0 aliphatic carbocycles. The van der Waals surface area contributed by atoms with Gasteiger partial charge >= 0.3 is 5.63 Å². The molecule has 0 radical (unpaired) electrons. The summed E-state index contributed by atoms with van der Waals surface area (Å²) in [7, 11) is 0. The first-order chi connectivity index (χ1) is 22.3. The highest BCUT2D eigenvalue weighted by molar-refractivity contribution is 7.13. The Morgan fingerprint density at radius 2 is 1.59 bits per heavy atom. The number of aryl methyl sites for hydroxylation is 1. The average Bonchev–Trinajstić information content (AvgIpc) is 3.55. The highest BCUT2D eigenvalue weighted by atomic mass is 32.1. The molecule has 4 aromatic carbocycles. The fourth-order valence-corrected chi connectivity index (χ4v) is 6.20. The molecule has 2 N–H and O–H groups in total. The van der Waals surface area contributed by atoms with Gasteiger partial charge < -0.3 is 19.8 Å². The Morgan fingerprint density at radius 3 is 2.24 bits per heavy atom. The quantitative estimate of drug-likeness (QED) is 0.162. The van der Waals surface area contributed by atoms with E-state index in [2.05, 4.69) is 0 Å². The molecule has 0 aliphatic rings. The van der Waals surface area contributed by atoms with E-state index < -0.39 is 5.91 Å². The van der Waals surface area contributed by atoms with E-state index in [9.17, 15) is 14.4 Å². The van der Waals surface area contributed by atoms with Gasteiger partial charge in [0.1, 0.15) is 22.9 Å². The summed E-state index contributed by atoms with van der Waals surface area (Å²) in [6.07, 6.45) is 0. The summed E-state index contributed by atoms with van der Waals surface area (Å²) in [5.74, 6) is -0.349. The first-order valence-corrected chi connectivity index (χ1v) is 15.6. The van der Waals surface area contributed by atoms with Gasteiger partial charge in [0.2, 0.25) is 5.91 Å². The summed E-state index contributed by atoms with van der Waals surface area (Å²) in [5, 5.41) is 3.54. The topological polar surface area (TPSA) is 116 Å². The second-order valence-corrected chi connectivity index (χ2v) is 11.8. The lowest BCUT2D eigenvalue weighted by molar-refractivity contribution is -0.118. The van der Waals surface area contributed by atoms with Gasteiger partial charge in [-0.15, -0.1) is 11.3 Å². The largest absolute Gasteiger partial charge is 0.487 e. The van der Waals surface area contributed by atoms with Gasteiger partial charge in [0, 0.05) is 40.4 Å². The van der Waals surface area contributed by atoms with Crippen LogP contribution in [0.2, 0.25) is 0 Å². The molecular formula is C37H31N3O5S. The number of amides is 2. The monoisotopic (exact) mass is 629 g/mol. The predicted octanol–water partition coefficient (Wildman–Crippen LogP) is 6.56. The molecule has 2 aromatic heterocycles. The Bertz CT molecular complexity index is 2000. The number of hydrogen-bond acceptors (Lipinski definition) is 7. The summed E-state index contributed by atoms with van der Waals surface area (Å²) in [4.78, 5) is 43.7. The smallest absolute Gasteiger partial charge is 0.336 e. The van der Waals surface area contributed by atoms with E-state index in [0.29, 0.717) is 23.4 Å². The molecule has 6 rings (SSSR count). The van der Waals surface area contributed by atoms with Crippen LogP contribution in [0.3, 0.4) is 0 Å². The van der Waals surface area contributed by atoms with E-state index in [1.165, 1.54) is 22.3 Å². The summed E-state index contributed by atoms with van der Waals surface area (Å²) in [6.45, 7) is 2.22. The number of rotatable bonds is 11. The Balaban J connectivity index is 1.16. The first kappa shape index (κ1) is 30.5. The standard InChI is InChI=1S/C37H31N3O5S/c1-24-18-35(42)45-33-17-16-30(19-31(24)33)44-22-29-23-46-36(39-29)27-12-14-28(15-13-27)37(43)40(21-34(38)41)20-32(25-8-4-2-5-9-25)26-10-6-3-7-11-26/h2-19,23,32H,20-22H2,1H3,(H2,38,41). The minimum atomic E-state index is -0.576. The zero-order valence-electron chi connectivity index (χ0n) is 25.1. The molecule has 0 saturated carbocycles. The number of ether oxygens (including phenoxy) is 1. The van der Waals surface area contributed by atoms with Gasteiger partial charge in [-0.1, -0.05) is 72.8 Å². The SMILES string of the molecule is Cc1cc(=O)oc2ccc(OCc3csc(-c4ccc(C(=O)N(CC(N)=O)CC(c5ccccc5)c5ccccc5)cc4)n3)cc12. The number of primary amides is 1. The minimum Gasteiger partial charge on any atom is -0.487 e. The van der Waals surface area contributed by atoms with Crippen molar-refractivity contribution < 1.29 is 18.7 Å². The van der Waals surface area contributed by atoms with Crippen molar-refractivity contribution in [2.45, 2.75) is 19.4 Å². The summed E-state index contributed by atoms with van der Waals surface area (Å²) in [6, 6.07) is 33.8. The molecular weight excluding hydrogens is 598 g/mol. The third-order valence-electron chi connectivity index (χ3n) is 7.68. The van der Waals surface area contributed by atoms with Gasteiger partial charge in [-0.2, -0.15) is 0 Å². The zero-order valence-corrected chi connectivity index (χ0v) is 25.9. The van der Waals surface area contributed by atoms with Crippen LogP contribution in [0.1, 0.15) is 38.7 Å². The second-order valence-electron chi connectivity index (χ2n) is 10.9. The van der Waals surface area contributed by atoms with E-state index >= 15 is 0 Å². The van der Waals surface area contributed by atoms with Crippen molar-refractivity contribution in [2.75, 3.05) is 13.1 Å². The molecule has 0 fully saturated rings. The van der Waals surface area contributed by atoms with Crippen LogP contribution in [0.5, 0.6) is 5.75 Å². The molecule has 0 unspecified atom stereocenters. The molecule has 2 heterocycles. The molecule has 9 heteroatoms. The number of aromatic nitrogens is 1. The molecule has 230 valence electrons. The molecule has 2 amide bonds. The van der Waals surface area contributed by atoms with Gasteiger partial charge in [-0.25, -0.2) is 9.78 Å². The molecule has 6 aromatic rings. The van der Waals surface area contributed by atoms with Gasteiger partial charge in [0.15, 0.2) is 0 Å². The van der Waals surface area contributed by atoms with Gasteiger partial charge in [0.05, 0.1) is 12.2 Å². The van der Waals surface area contributed by atoms with Crippen molar-refractivity contribution in [3.63, 3.8) is 0 Å². The number of carbonyl (C=O) groups excluding carboxylic acids is 2. The van der Waals surface area contributed by atoms with Crippen molar-refractivity contribution in [3.8, 4) is 16.3 Å². The Hall–Kier alpha value is -5.54. The summed E-state index contributed by atoms with van der Waals surface area (Å²) >= 11 is 1.48.